The number of nitrogens with one attached hydrogen (secondary N) is 1. The predicted octanol–water partition coefficient (Wildman–Crippen LogP) is 2.03. The summed E-state index contributed by atoms with van der Waals surface area (Å²) in [6.45, 7) is 5.32. The van der Waals surface area contributed by atoms with E-state index in [1.165, 1.54) is 0 Å². The summed E-state index contributed by atoms with van der Waals surface area (Å²) in [6, 6.07) is 9.92. The number of hydrogen-bond acceptors (Lipinski definition) is 5. The molecule has 1 saturated heterocycles. The molecule has 2 heterocycles. The van der Waals surface area contributed by atoms with Gasteiger partial charge in [-0.2, -0.15) is 4.98 Å². The number of rotatable bonds is 4. The van der Waals surface area contributed by atoms with E-state index in [1.54, 1.807) is 0 Å². The summed E-state index contributed by atoms with van der Waals surface area (Å²) >= 11 is 0. The largest absolute Gasteiger partial charge is 0.339 e. The topological polar surface area (TPSA) is 54.2 Å². The van der Waals surface area contributed by atoms with E-state index in [9.17, 15) is 0 Å². The van der Waals surface area contributed by atoms with Crippen molar-refractivity contribution in [2.24, 2.45) is 0 Å². The van der Waals surface area contributed by atoms with Crippen molar-refractivity contribution in [3.8, 4) is 11.4 Å². The zero-order valence-electron chi connectivity index (χ0n) is 11.7. The number of halogens is 2. The first-order chi connectivity index (χ1) is 9.42. The van der Waals surface area contributed by atoms with Crippen molar-refractivity contribution in [2.75, 3.05) is 32.7 Å². The molecule has 0 saturated carbocycles. The molecule has 1 aromatic carbocycles. The van der Waals surface area contributed by atoms with E-state index < -0.39 is 0 Å². The first-order valence-corrected chi connectivity index (χ1v) is 6.73. The van der Waals surface area contributed by atoms with Crippen molar-refractivity contribution in [3.63, 3.8) is 0 Å². The minimum absolute atomic E-state index is 0. The average molecular weight is 331 g/mol. The van der Waals surface area contributed by atoms with Crippen molar-refractivity contribution in [2.45, 2.75) is 6.42 Å². The van der Waals surface area contributed by atoms with Crippen LogP contribution in [-0.4, -0.2) is 47.8 Å². The molecule has 21 heavy (non-hydrogen) atoms. The fourth-order valence-corrected chi connectivity index (χ4v) is 2.25. The summed E-state index contributed by atoms with van der Waals surface area (Å²) in [6.07, 6.45) is 0.819. The molecule has 1 aromatic heterocycles. The molecule has 3 rings (SSSR count). The van der Waals surface area contributed by atoms with Crippen LogP contribution >= 0.6 is 24.8 Å². The molecule has 0 spiro atoms. The number of hydrogen-bond donors (Lipinski definition) is 1. The normalized spacial score (nSPS) is 15.0. The van der Waals surface area contributed by atoms with Gasteiger partial charge in [0.15, 0.2) is 0 Å². The van der Waals surface area contributed by atoms with Crippen LogP contribution in [0.3, 0.4) is 0 Å². The Morgan fingerprint density at radius 1 is 1.10 bits per heavy atom. The maximum absolute atomic E-state index is 5.31. The first kappa shape index (κ1) is 17.9. The van der Waals surface area contributed by atoms with Gasteiger partial charge in [0, 0.05) is 44.7 Å². The molecule has 0 unspecified atom stereocenters. The zero-order chi connectivity index (χ0) is 12.9. The summed E-state index contributed by atoms with van der Waals surface area (Å²) in [7, 11) is 0. The second kappa shape index (κ2) is 9.00. The molecule has 0 bridgehead atoms. The fourth-order valence-electron chi connectivity index (χ4n) is 2.25. The summed E-state index contributed by atoms with van der Waals surface area (Å²) in [4.78, 5) is 6.86. The Balaban J connectivity index is 0.00000110. The third-order valence-electron chi connectivity index (χ3n) is 3.35. The standard InChI is InChI=1S/C14H18N4O.2ClH/c1-2-4-12(5-3-1)14-16-13(19-17-14)6-9-18-10-7-15-8-11-18;;/h1-5,15H,6-11H2;2*1H. The highest BCUT2D eigenvalue weighted by Crippen LogP contribution is 2.15. The third kappa shape index (κ3) is 4.97. The van der Waals surface area contributed by atoms with E-state index in [1.807, 2.05) is 30.3 Å². The Bertz CT molecular complexity index is 515. The molecule has 0 radical (unpaired) electrons. The molecule has 1 N–H and O–H groups in total. The highest BCUT2D eigenvalue weighted by molar-refractivity contribution is 5.85. The lowest BCUT2D eigenvalue weighted by Gasteiger charge is -2.26. The van der Waals surface area contributed by atoms with Crippen molar-refractivity contribution in [3.05, 3.63) is 36.2 Å². The van der Waals surface area contributed by atoms with Crippen LogP contribution in [0.25, 0.3) is 11.4 Å². The quantitative estimate of drug-likeness (QED) is 0.929. The second-order valence-electron chi connectivity index (χ2n) is 4.72. The van der Waals surface area contributed by atoms with Crippen LogP contribution in [0.1, 0.15) is 5.89 Å². The molecule has 0 aliphatic carbocycles. The van der Waals surface area contributed by atoms with Gasteiger partial charge >= 0.3 is 0 Å². The van der Waals surface area contributed by atoms with E-state index in [0.717, 1.165) is 50.6 Å². The Labute approximate surface area is 136 Å². The number of aromatic nitrogens is 2. The summed E-state index contributed by atoms with van der Waals surface area (Å²) in [5.41, 5.74) is 1.000. The minimum Gasteiger partial charge on any atom is -0.339 e. The average Bonchev–Trinajstić information content (AvgIpc) is 2.96. The summed E-state index contributed by atoms with van der Waals surface area (Å²) in [5.74, 6) is 1.40. The van der Waals surface area contributed by atoms with Crippen LogP contribution in [-0.2, 0) is 6.42 Å². The van der Waals surface area contributed by atoms with Crippen LogP contribution in [0.5, 0.6) is 0 Å². The SMILES string of the molecule is Cl.Cl.c1ccc(-c2noc(CCN3CCNCC3)n2)cc1. The predicted molar refractivity (Wildman–Crippen MR) is 87.2 cm³/mol. The lowest BCUT2D eigenvalue weighted by atomic mass is 10.2. The van der Waals surface area contributed by atoms with E-state index >= 15 is 0 Å². The molecule has 116 valence electrons. The second-order valence-corrected chi connectivity index (χ2v) is 4.72. The Morgan fingerprint density at radius 3 is 2.52 bits per heavy atom. The molecule has 5 nitrogen and oxygen atoms in total. The van der Waals surface area contributed by atoms with E-state index in [2.05, 4.69) is 20.4 Å². The van der Waals surface area contributed by atoms with Gasteiger partial charge in [-0.25, -0.2) is 0 Å². The number of benzene rings is 1. The van der Waals surface area contributed by atoms with Gasteiger partial charge in [0.1, 0.15) is 0 Å². The van der Waals surface area contributed by atoms with E-state index in [0.29, 0.717) is 5.82 Å². The molecule has 2 aromatic rings. The van der Waals surface area contributed by atoms with Crippen LogP contribution < -0.4 is 5.32 Å². The number of piperazine rings is 1. The van der Waals surface area contributed by atoms with Crippen molar-refractivity contribution in [1.82, 2.24) is 20.4 Å². The molecular weight excluding hydrogens is 311 g/mol. The van der Waals surface area contributed by atoms with Gasteiger partial charge in [0.25, 0.3) is 0 Å². The first-order valence-electron chi connectivity index (χ1n) is 6.73. The van der Waals surface area contributed by atoms with Crippen LogP contribution in [0, 0.1) is 0 Å². The lowest BCUT2D eigenvalue weighted by Crippen LogP contribution is -2.44. The third-order valence-corrected chi connectivity index (χ3v) is 3.35. The highest BCUT2D eigenvalue weighted by atomic mass is 35.5. The maximum atomic E-state index is 5.31. The van der Waals surface area contributed by atoms with Crippen molar-refractivity contribution in [1.29, 1.82) is 0 Å². The van der Waals surface area contributed by atoms with Gasteiger partial charge in [-0.15, -0.1) is 24.8 Å². The van der Waals surface area contributed by atoms with Crippen molar-refractivity contribution >= 4 is 24.8 Å². The van der Waals surface area contributed by atoms with Gasteiger partial charge < -0.3 is 14.7 Å². The monoisotopic (exact) mass is 330 g/mol. The van der Waals surface area contributed by atoms with Gasteiger partial charge in [0.2, 0.25) is 11.7 Å². The van der Waals surface area contributed by atoms with Gasteiger partial charge in [0.05, 0.1) is 0 Å². The summed E-state index contributed by atoms with van der Waals surface area (Å²) < 4.78 is 5.31. The van der Waals surface area contributed by atoms with E-state index in [-0.39, 0.29) is 24.8 Å². The molecule has 1 fully saturated rings. The smallest absolute Gasteiger partial charge is 0.228 e. The van der Waals surface area contributed by atoms with Crippen LogP contribution in [0.4, 0.5) is 0 Å². The summed E-state index contributed by atoms with van der Waals surface area (Å²) in [5, 5.41) is 7.38. The van der Waals surface area contributed by atoms with Gasteiger partial charge in [-0.3, -0.25) is 0 Å². The maximum Gasteiger partial charge on any atom is 0.228 e. The minimum atomic E-state index is 0. The molecule has 1 aliphatic rings. The molecular formula is C14H20Cl2N4O. The van der Waals surface area contributed by atoms with Crippen LogP contribution in [0.15, 0.2) is 34.9 Å². The Kier molecular flexibility index (Phi) is 7.67. The van der Waals surface area contributed by atoms with Crippen LogP contribution in [0.2, 0.25) is 0 Å². The molecule has 0 atom stereocenters. The molecule has 7 heteroatoms. The van der Waals surface area contributed by atoms with Gasteiger partial charge in [-0.05, 0) is 0 Å². The number of nitrogens with zero attached hydrogens (tertiary/aromatic N) is 3. The highest BCUT2D eigenvalue weighted by Gasteiger charge is 2.12. The molecule has 0 amide bonds. The van der Waals surface area contributed by atoms with E-state index in [4.69, 9.17) is 4.52 Å². The molecule has 1 aliphatic heterocycles. The lowest BCUT2D eigenvalue weighted by molar-refractivity contribution is 0.234. The van der Waals surface area contributed by atoms with Gasteiger partial charge in [-0.1, -0.05) is 35.5 Å². The Morgan fingerprint density at radius 2 is 1.81 bits per heavy atom. The van der Waals surface area contributed by atoms with Crippen molar-refractivity contribution < 1.29 is 4.52 Å². The fraction of sp³-hybridized carbons (Fsp3) is 0.429. The zero-order valence-corrected chi connectivity index (χ0v) is 13.3. The Hall–Kier alpha value is -1.14.